The van der Waals surface area contributed by atoms with Gasteiger partial charge in [0.25, 0.3) is 0 Å². The fourth-order valence-electron chi connectivity index (χ4n) is 2.89. The fraction of sp³-hybridized carbons (Fsp3) is 0.625. The number of benzene rings is 1. The van der Waals surface area contributed by atoms with Crippen molar-refractivity contribution in [3.63, 3.8) is 0 Å². The third-order valence-corrected chi connectivity index (χ3v) is 4.15. The first-order valence-electron chi connectivity index (χ1n) is 7.17. The molecule has 0 amide bonds. The van der Waals surface area contributed by atoms with E-state index < -0.39 is 11.7 Å². The van der Waals surface area contributed by atoms with Crippen LogP contribution in [0.1, 0.15) is 44.1 Å². The van der Waals surface area contributed by atoms with Crippen molar-refractivity contribution in [2.45, 2.75) is 56.7 Å². The van der Waals surface area contributed by atoms with Crippen molar-refractivity contribution >= 4 is 0 Å². The van der Waals surface area contributed by atoms with Gasteiger partial charge in [-0.1, -0.05) is 37.8 Å². The summed E-state index contributed by atoms with van der Waals surface area (Å²) in [6.45, 7) is 0. The van der Waals surface area contributed by atoms with Gasteiger partial charge in [-0.25, -0.2) is 0 Å². The van der Waals surface area contributed by atoms with Crippen LogP contribution in [0.5, 0.6) is 5.75 Å². The van der Waals surface area contributed by atoms with E-state index in [4.69, 9.17) is 4.74 Å². The van der Waals surface area contributed by atoms with Gasteiger partial charge in [-0.3, -0.25) is 0 Å². The van der Waals surface area contributed by atoms with Gasteiger partial charge in [0.05, 0.1) is 18.8 Å². The smallest absolute Gasteiger partial charge is 0.119 e. The summed E-state index contributed by atoms with van der Waals surface area (Å²) in [4.78, 5) is 0. The minimum Gasteiger partial charge on any atom is -0.497 e. The molecule has 1 saturated carbocycles. The number of hydrogen-bond donors (Lipinski definition) is 2. The summed E-state index contributed by atoms with van der Waals surface area (Å²) in [5, 5.41) is 21.0. The second-order valence-electron chi connectivity index (χ2n) is 5.59. The summed E-state index contributed by atoms with van der Waals surface area (Å²) in [7, 11) is 1.63. The van der Waals surface area contributed by atoms with E-state index in [2.05, 4.69) is 0 Å². The Kier molecular flexibility index (Phi) is 4.83. The quantitative estimate of drug-likeness (QED) is 0.822. The maximum atomic E-state index is 10.6. The Balaban J connectivity index is 2.04. The van der Waals surface area contributed by atoms with Gasteiger partial charge >= 0.3 is 0 Å². The molecule has 0 spiro atoms. The number of hydrogen-bond acceptors (Lipinski definition) is 3. The third kappa shape index (κ3) is 3.71. The first-order valence-corrected chi connectivity index (χ1v) is 7.17. The van der Waals surface area contributed by atoms with Crippen LogP contribution in [0, 0.1) is 0 Å². The maximum absolute atomic E-state index is 10.6. The largest absolute Gasteiger partial charge is 0.497 e. The summed E-state index contributed by atoms with van der Waals surface area (Å²) >= 11 is 0. The van der Waals surface area contributed by atoms with Gasteiger partial charge in [-0.15, -0.1) is 0 Å². The zero-order valence-corrected chi connectivity index (χ0v) is 11.6. The van der Waals surface area contributed by atoms with Crippen LogP contribution in [0.4, 0.5) is 0 Å². The number of aliphatic hydroxyl groups is 2. The maximum Gasteiger partial charge on any atom is 0.119 e. The Labute approximate surface area is 115 Å². The third-order valence-electron chi connectivity index (χ3n) is 4.15. The standard InChI is InChI=1S/C16H24O3/c1-19-14-8-6-7-13(11-14)12-15(17)16(18)9-4-2-3-5-10-16/h6-8,11,15,17-18H,2-5,9-10,12H2,1H3. The summed E-state index contributed by atoms with van der Waals surface area (Å²) in [6, 6.07) is 7.68. The van der Waals surface area contributed by atoms with E-state index in [1.54, 1.807) is 7.11 Å². The van der Waals surface area contributed by atoms with Crippen LogP contribution in [0.2, 0.25) is 0 Å². The van der Waals surface area contributed by atoms with Gasteiger partial charge in [0.15, 0.2) is 0 Å². The molecule has 1 fully saturated rings. The van der Waals surface area contributed by atoms with Gasteiger partial charge in [-0.2, -0.15) is 0 Å². The normalized spacial score (nSPS) is 20.6. The molecule has 2 N–H and O–H groups in total. The molecule has 0 aromatic heterocycles. The van der Waals surface area contributed by atoms with Gasteiger partial charge < -0.3 is 14.9 Å². The van der Waals surface area contributed by atoms with E-state index in [-0.39, 0.29) is 0 Å². The summed E-state index contributed by atoms with van der Waals surface area (Å²) in [5.74, 6) is 0.789. The average molecular weight is 264 g/mol. The Morgan fingerprint density at radius 3 is 2.53 bits per heavy atom. The lowest BCUT2D eigenvalue weighted by molar-refractivity contribution is -0.0836. The Morgan fingerprint density at radius 1 is 1.21 bits per heavy atom. The lowest BCUT2D eigenvalue weighted by Gasteiger charge is -2.32. The second-order valence-corrected chi connectivity index (χ2v) is 5.59. The highest BCUT2D eigenvalue weighted by Gasteiger charge is 2.35. The summed E-state index contributed by atoms with van der Waals surface area (Å²) < 4.78 is 5.18. The number of ether oxygens (including phenoxy) is 1. The van der Waals surface area contributed by atoms with Crippen LogP contribution in [0.25, 0.3) is 0 Å². The molecule has 3 nitrogen and oxygen atoms in total. The highest BCUT2D eigenvalue weighted by atomic mass is 16.5. The first kappa shape index (κ1) is 14.4. The van der Waals surface area contributed by atoms with Crippen molar-refractivity contribution in [1.29, 1.82) is 0 Å². The van der Waals surface area contributed by atoms with E-state index in [1.165, 1.54) is 0 Å². The molecular weight excluding hydrogens is 240 g/mol. The zero-order valence-electron chi connectivity index (χ0n) is 11.6. The van der Waals surface area contributed by atoms with E-state index in [9.17, 15) is 10.2 Å². The molecule has 0 heterocycles. The van der Waals surface area contributed by atoms with Crippen LogP contribution in [-0.4, -0.2) is 29.0 Å². The van der Waals surface area contributed by atoms with Crippen molar-refractivity contribution < 1.29 is 14.9 Å². The number of methoxy groups -OCH3 is 1. The highest BCUT2D eigenvalue weighted by Crippen LogP contribution is 2.31. The van der Waals surface area contributed by atoms with Crippen LogP contribution in [-0.2, 0) is 6.42 Å². The molecule has 2 rings (SSSR count). The molecule has 0 bridgehead atoms. The molecule has 1 atom stereocenters. The molecule has 0 saturated heterocycles. The van der Waals surface area contributed by atoms with Crippen LogP contribution < -0.4 is 4.74 Å². The second kappa shape index (κ2) is 6.40. The number of aliphatic hydroxyl groups excluding tert-OH is 1. The first-order chi connectivity index (χ1) is 9.14. The van der Waals surface area contributed by atoms with Gasteiger partial charge in [0.1, 0.15) is 5.75 Å². The molecule has 1 aromatic rings. The van der Waals surface area contributed by atoms with Gasteiger partial charge in [-0.05, 0) is 30.5 Å². The molecule has 3 heteroatoms. The Hall–Kier alpha value is -1.06. The molecule has 106 valence electrons. The van der Waals surface area contributed by atoms with Crippen molar-refractivity contribution in [3.8, 4) is 5.75 Å². The van der Waals surface area contributed by atoms with Gasteiger partial charge in [0.2, 0.25) is 0 Å². The molecule has 0 aliphatic heterocycles. The van der Waals surface area contributed by atoms with E-state index >= 15 is 0 Å². The minimum atomic E-state index is -0.917. The van der Waals surface area contributed by atoms with Crippen molar-refractivity contribution in [2.75, 3.05) is 7.11 Å². The molecule has 0 radical (unpaired) electrons. The summed E-state index contributed by atoms with van der Waals surface area (Å²) in [5.41, 5.74) is 0.0871. The molecule has 19 heavy (non-hydrogen) atoms. The molecule has 1 aromatic carbocycles. The number of rotatable bonds is 4. The molecule has 1 aliphatic rings. The Bertz CT molecular complexity index is 395. The van der Waals surface area contributed by atoms with Gasteiger partial charge in [0, 0.05) is 6.42 Å². The molecular formula is C16H24O3. The van der Waals surface area contributed by atoms with E-state index in [1.807, 2.05) is 24.3 Å². The predicted octanol–water partition coefficient (Wildman–Crippen LogP) is 2.68. The fourth-order valence-corrected chi connectivity index (χ4v) is 2.89. The van der Waals surface area contributed by atoms with Crippen LogP contribution in [0.15, 0.2) is 24.3 Å². The van der Waals surface area contributed by atoms with Crippen LogP contribution >= 0.6 is 0 Å². The molecule has 1 aliphatic carbocycles. The topological polar surface area (TPSA) is 49.7 Å². The van der Waals surface area contributed by atoms with Crippen molar-refractivity contribution in [1.82, 2.24) is 0 Å². The van der Waals surface area contributed by atoms with Crippen molar-refractivity contribution in [3.05, 3.63) is 29.8 Å². The summed E-state index contributed by atoms with van der Waals surface area (Å²) in [6.07, 6.45) is 5.53. The average Bonchev–Trinajstić information content (AvgIpc) is 2.65. The van der Waals surface area contributed by atoms with Crippen molar-refractivity contribution in [2.24, 2.45) is 0 Å². The highest BCUT2D eigenvalue weighted by molar-refractivity contribution is 5.29. The molecule has 1 unspecified atom stereocenters. The lowest BCUT2D eigenvalue weighted by Crippen LogP contribution is -2.43. The van der Waals surface area contributed by atoms with E-state index in [0.29, 0.717) is 19.3 Å². The lowest BCUT2D eigenvalue weighted by atomic mass is 9.85. The minimum absolute atomic E-state index is 0.480. The zero-order chi connectivity index (χ0) is 13.7. The van der Waals surface area contributed by atoms with E-state index in [0.717, 1.165) is 37.0 Å². The predicted molar refractivity (Wildman–Crippen MR) is 75.4 cm³/mol. The van der Waals surface area contributed by atoms with Crippen LogP contribution in [0.3, 0.4) is 0 Å². The monoisotopic (exact) mass is 264 g/mol. The SMILES string of the molecule is COc1cccc(CC(O)C2(O)CCCCCC2)c1. The Morgan fingerprint density at radius 2 is 1.89 bits per heavy atom.